The van der Waals surface area contributed by atoms with E-state index in [9.17, 15) is 9.59 Å². The maximum absolute atomic E-state index is 12.4. The predicted molar refractivity (Wildman–Crippen MR) is 127 cm³/mol. The lowest BCUT2D eigenvalue weighted by Crippen LogP contribution is -2.16. The van der Waals surface area contributed by atoms with Gasteiger partial charge in [0.05, 0.1) is 26.8 Å². The number of tetrazole rings is 1. The molecule has 176 valence electrons. The average Bonchev–Trinajstić information content (AvgIpc) is 3.64. The van der Waals surface area contributed by atoms with E-state index in [1.165, 1.54) is 22.0 Å². The number of aromatic nitrogens is 8. The Balaban J connectivity index is 1.40. The first-order chi connectivity index (χ1) is 17.1. The van der Waals surface area contributed by atoms with Crippen molar-refractivity contribution < 1.29 is 9.53 Å². The molecule has 0 aliphatic rings. The summed E-state index contributed by atoms with van der Waals surface area (Å²) in [6.45, 7) is 0.0517. The molecule has 11 nitrogen and oxygen atoms in total. The van der Waals surface area contributed by atoms with Crippen LogP contribution in [0, 0.1) is 0 Å². The van der Waals surface area contributed by atoms with Gasteiger partial charge in [0.1, 0.15) is 11.4 Å². The van der Waals surface area contributed by atoms with Crippen LogP contribution in [0.15, 0.2) is 65.7 Å². The second-order valence-corrected chi connectivity index (χ2v) is 9.07. The molecule has 0 atom stereocenters. The smallest absolute Gasteiger partial charge is 0.255 e. The van der Waals surface area contributed by atoms with Crippen molar-refractivity contribution in [3.05, 3.63) is 92.0 Å². The number of Topliss-reactive ketones (excluding diaryl/α,β-unsaturated/α-hetero) is 1. The number of aryl methyl sites for hydroxylation is 1. The highest BCUT2D eigenvalue weighted by molar-refractivity contribution is 7.18. The van der Waals surface area contributed by atoms with Gasteiger partial charge >= 0.3 is 0 Å². The summed E-state index contributed by atoms with van der Waals surface area (Å²) in [5.74, 6) is 0.798. The molecule has 0 radical (unpaired) electrons. The Labute approximate surface area is 206 Å². The molecule has 13 heteroatoms. The third-order valence-corrected chi connectivity index (χ3v) is 6.31. The molecule has 0 aliphatic carbocycles. The molecular weight excluding hydrogens is 492 g/mol. The van der Waals surface area contributed by atoms with E-state index in [2.05, 4.69) is 30.9 Å². The number of benzene rings is 1. The SMILES string of the molecule is O=C(CCc1cn(-c2ccc(-n3ccccc3=O)cc2OCc2nn[nH]n2)nn1)c1ccc(Cl)s1. The number of H-pyrrole nitrogens is 1. The molecule has 0 unspecified atom stereocenters. The van der Waals surface area contributed by atoms with E-state index in [-0.39, 0.29) is 24.4 Å². The molecule has 4 heterocycles. The standard InChI is InChI=1S/C22H17ClN8O3S/c23-20-9-8-19(35-20)17(32)7-4-14-12-31(29-24-14)16-6-5-15(30-10-2-1-3-22(30)33)11-18(16)34-13-21-25-27-28-26-21/h1-3,5-6,8-12H,4,7,13H2,(H,25,26,27,28). The van der Waals surface area contributed by atoms with Crippen LogP contribution in [0.25, 0.3) is 11.4 Å². The Kier molecular flexibility index (Phi) is 6.46. The van der Waals surface area contributed by atoms with Gasteiger partial charge in [-0.3, -0.25) is 14.2 Å². The highest BCUT2D eigenvalue weighted by atomic mass is 35.5. The van der Waals surface area contributed by atoms with Crippen molar-refractivity contribution in [1.82, 2.24) is 40.2 Å². The van der Waals surface area contributed by atoms with Crippen molar-refractivity contribution in [2.24, 2.45) is 0 Å². The Bertz CT molecular complexity index is 1530. The molecule has 1 aromatic carbocycles. The molecule has 0 spiro atoms. The zero-order valence-electron chi connectivity index (χ0n) is 18.0. The number of thiophene rings is 1. The van der Waals surface area contributed by atoms with Gasteiger partial charge in [0.15, 0.2) is 12.4 Å². The monoisotopic (exact) mass is 508 g/mol. The van der Waals surface area contributed by atoms with Gasteiger partial charge in [-0.05, 0) is 30.3 Å². The summed E-state index contributed by atoms with van der Waals surface area (Å²) < 4.78 is 9.59. The van der Waals surface area contributed by atoms with Crippen LogP contribution in [0.3, 0.4) is 0 Å². The van der Waals surface area contributed by atoms with Crippen molar-refractivity contribution in [3.63, 3.8) is 0 Å². The van der Waals surface area contributed by atoms with E-state index in [1.807, 2.05) is 0 Å². The fourth-order valence-electron chi connectivity index (χ4n) is 3.34. The van der Waals surface area contributed by atoms with E-state index in [1.54, 1.807) is 59.5 Å². The molecule has 0 saturated heterocycles. The average molecular weight is 509 g/mol. The second-order valence-electron chi connectivity index (χ2n) is 7.36. The molecule has 35 heavy (non-hydrogen) atoms. The highest BCUT2D eigenvalue weighted by Crippen LogP contribution is 2.27. The first-order valence-electron chi connectivity index (χ1n) is 10.4. The molecule has 5 rings (SSSR count). The van der Waals surface area contributed by atoms with Crippen molar-refractivity contribution in [2.75, 3.05) is 0 Å². The van der Waals surface area contributed by atoms with Gasteiger partial charge in [-0.15, -0.1) is 26.6 Å². The molecule has 0 saturated carbocycles. The first-order valence-corrected chi connectivity index (χ1v) is 11.6. The van der Waals surface area contributed by atoms with Crippen LogP contribution in [-0.4, -0.2) is 46.0 Å². The van der Waals surface area contributed by atoms with Crippen LogP contribution >= 0.6 is 22.9 Å². The molecule has 4 aromatic heterocycles. The fourth-order valence-corrected chi connectivity index (χ4v) is 4.35. The Morgan fingerprint density at radius 3 is 2.83 bits per heavy atom. The van der Waals surface area contributed by atoms with Crippen LogP contribution in [0.4, 0.5) is 0 Å². The number of ether oxygens (including phenoxy) is 1. The number of carbonyl (C=O) groups excluding carboxylic acids is 1. The van der Waals surface area contributed by atoms with Gasteiger partial charge in [0.25, 0.3) is 5.56 Å². The summed E-state index contributed by atoms with van der Waals surface area (Å²) in [5.41, 5.74) is 1.68. The third-order valence-electron chi connectivity index (χ3n) is 5.03. The van der Waals surface area contributed by atoms with Crippen LogP contribution in [0.2, 0.25) is 4.34 Å². The minimum Gasteiger partial charge on any atom is -0.483 e. The lowest BCUT2D eigenvalue weighted by atomic mass is 10.1. The molecule has 0 aliphatic heterocycles. The number of nitrogens with zero attached hydrogens (tertiary/aromatic N) is 7. The van der Waals surface area contributed by atoms with E-state index in [4.69, 9.17) is 16.3 Å². The first kappa shape index (κ1) is 22.6. The minimum atomic E-state index is -0.177. The Morgan fingerprint density at radius 1 is 1.14 bits per heavy atom. The summed E-state index contributed by atoms with van der Waals surface area (Å²) in [6.07, 6.45) is 4.11. The second kappa shape index (κ2) is 9.99. The van der Waals surface area contributed by atoms with Crippen LogP contribution < -0.4 is 10.3 Å². The molecule has 0 fully saturated rings. The van der Waals surface area contributed by atoms with E-state index in [0.717, 1.165) is 0 Å². The molecule has 0 bridgehead atoms. The summed E-state index contributed by atoms with van der Waals surface area (Å²) in [7, 11) is 0. The number of hydrogen-bond acceptors (Lipinski definition) is 9. The lowest BCUT2D eigenvalue weighted by Gasteiger charge is -2.13. The lowest BCUT2D eigenvalue weighted by molar-refractivity contribution is 0.0986. The number of rotatable bonds is 9. The van der Waals surface area contributed by atoms with E-state index >= 15 is 0 Å². The number of pyridine rings is 1. The largest absolute Gasteiger partial charge is 0.483 e. The zero-order chi connectivity index (χ0) is 24.2. The van der Waals surface area contributed by atoms with Gasteiger partial charge in [0.2, 0.25) is 5.82 Å². The third kappa shape index (κ3) is 5.18. The van der Waals surface area contributed by atoms with Crippen molar-refractivity contribution in [2.45, 2.75) is 19.4 Å². The van der Waals surface area contributed by atoms with E-state index < -0.39 is 0 Å². The van der Waals surface area contributed by atoms with E-state index in [0.29, 0.717) is 44.3 Å². The number of nitrogens with one attached hydrogen (secondary N) is 1. The van der Waals surface area contributed by atoms with Gasteiger partial charge in [-0.1, -0.05) is 28.1 Å². The van der Waals surface area contributed by atoms with Crippen LogP contribution in [-0.2, 0) is 13.0 Å². The normalized spacial score (nSPS) is 11.0. The van der Waals surface area contributed by atoms with Crippen molar-refractivity contribution in [1.29, 1.82) is 0 Å². The number of hydrogen-bond donors (Lipinski definition) is 1. The Morgan fingerprint density at radius 2 is 2.06 bits per heavy atom. The zero-order valence-corrected chi connectivity index (χ0v) is 19.6. The van der Waals surface area contributed by atoms with Gasteiger partial charge in [0, 0.05) is 31.2 Å². The van der Waals surface area contributed by atoms with Gasteiger partial charge in [-0.2, -0.15) is 5.21 Å². The molecule has 5 aromatic rings. The quantitative estimate of drug-likeness (QED) is 0.300. The minimum absolute atomic E-state index is 0.00163. The van der Waals surface area contributed by atoms with Crippen molar-refractivity contribution >= 4 is 28.7 Å². The van der Waals surface area contributed by atoms with Crippen molar-refractivity contribution in [3.8, 4) is 17.1 Å². The predicted octanol–water partition coefficient (Wildman–Crippen LogP) is 3.04. The van der Waals surface area contributed by atoms with Crippen LogP contribution in [0.5, 0.6) is 5.75 Å². The number of ketones is 1. The maximum atomic E-state index is 12.4. The summed E-state index contributed by atoms with van der Waals surface area (Å²) in [4.78, 5) is 25.3. The maximum Gasteiger partial charge on any atom is 0.255 e. The Hall–Kier alpha value is -4.16. The molecule has 0 amide bonds. The summed E-state index contributed by atoms with van der Waals surface area (Å²) in [6, 6.07) is 13.6. The molecular formula is C22H17ClN8O3S. The topological polar surface area (TPSA) is 133 Å². The number of aromatic amines is 1. The number of carbonyl (C=O) groups is 1. The van der Waals surface area contributed by atoms with Gasteiger partial charge < -0.3 is 4.74 Å². The number of halogens is 1. The fraction of sp³-hybridized carbons (Fsp3) is 0.136. The highest BCUT2D eigenvalue weighted by Gasteiger charge is 2.15. The summed E-state index contributed by atoms with van der Waals surface area (Å²) in [5, 5.41) is 22.1. The summed E-state index contributed by atoms with van der Waals surface area (Å²) >= 11 is 7.18. The molecule has 1 N–H and O–H groups in total. The van der Waals surface area contributed by atoms with Crippen LogP contribution in [0.1, 0.15) is 27.6 Å². The van der Waals surface area contributed by atoms with Gasteiger partial charge in [-0.25, -0.2) is 4.68 Å².